The molecule has 1 unspecified atom stereocenters. The van der Waals surface area contributed by atoms with Crippen molar-refractivity contribution in [1.82, 2.24) is 4.90 Å². The minimum absolute atomic E-state index is 0.0438. The third-order valence-corrected chi connectivity index (χ3v) is 5.39. The van der Waals surface area contributed by atoms with Crippen molar-refractivity contribution in [2.75, 3.05) is 38.8 Å². The average Bonchev–Trinajstić information content (AvgIpc) is 2.81. The molecule has 8 nitrogen and oxygen atoms in total. The van der Waals surface area contributed by atoms with Crippen LogP contribution in [0, 0.1) is 11.3 Å². The van der Waals surface area contributed by atoms with Crippen molar-refractivity contribution >= 4 is 17.5 Å². The Labute approximate surface area is 187 Å². The maximum absolute atomic E-state index is 13.3. The number of alkyl halides is 3. The highest BCUT2D eigenvalue weighted by atomic mass is 19.4. The molecule has 1 atom stereocenters. The Hall–Kier alpha value is -3.94. The van der Waals surface area contributed by atoms with Crippen LogP contribution in [0.4, 0.5) is 18.9 Å². The zero-order valence-corrected chi connectivity index (χ0v) is 17.8. The molecular weight excluding hydrogens is 441 g/mol. The number of methoxy groups -OCH3 is 2. The number of benzene rings is 2. The van der Waals surface area contributed by atoms with Gasteiger partial charge in [-0.2, -0.15) is 18.4 Å². The standard InChI is InChI=1S/C22H21F3N4O4/c1-32-18-6-4-13(9-19(18)33-2)21(31)29-8-7-28(12-17(29)20(27)30)15-5-3-14(11-26)16(10-15)22(23,24)25/h3-6,9-10,17H,7-8,12H2,1-2H3,(H2,27,30). The van der Waals surface area contributed by atoms with E-state index in [4.69, 9.17) is 20.5 Å². The van der Waals surface area contributed by atoms with E-state index in [-0.39, 0.29) is 30.9 Å². The summed E-state index contributed by atoms with van der Waals surface area (Å²) in [6.07, 6.45) is -4.71. The number of piperazine rings is 1. The van der Waals surface area contributed by atoms with E-state index in [2.05, 4.69) is 0 Å². The van der Waals surface area contributed by atoms with Gasteiger partial charge in [0, 0.05) is 30.9 Å². The van der Waals surface area contributed by atoms with Crippen LogP contribution in [0.3, 0.4) is 0 Å². The van der Waals surface area contributed by atoms with Crippen LogP contribution in [0.5, 0.6) is 11.5 Å². The Morgan fingerprint density at radius 2 is 1.79 bits per heavy atom. The second kappa shape index (κ2) is 9.28. The van der Waals surface area contributed by atoms with Gasteiger partial charge in [-0.15, -0.1) is 0 Å². The lowest BCUT2D eigenvalue weighted by Crippen LogP contribution is -2.60. The molecule has 0 saturated carbocycles. The molecule has 33 heavy (non-hydrogen) atoms. The summed E-state index contributed by atoms with van der Waals surface area (Å²) in [6, 6.07) is 8.32. The number of nitriles is 1. The summed E-state index contributed by atoms with van der Waals surface area (Å²) in [6.45, 7) is 0.103. The third kappa shape index (κ3) is 4.79. The number of hydrogen-bond donors (Lipinski definition) is 1. The number of rotatable bonds is 5. The molecule has 0 radical (unpaired) electrons. The van der Waals surface area contributed by atoms with Crippen molar-refractivity contribution in [3.63, 3.8) is 0 Å². The fourth-order valence-electron chi connectivity index (χ4n) is 3.70. The van der Waals surface area contributed by atoms with E-state index >= 15 is 0 Å². The number of carbonyl (C=O) groups excluding carboxylic acids is 2. The first-order valence-corrected chi connectivity index (χ1v) is 9.79. The molecule has 174 valence electrons. The number of nitrogens with two attached hydrogens (primary N) is 1. The van der Waals surface area contributed by atoms with E-state index < -0.39 is 35.2 Å². The normalized spacial score (nSPS) is 16.2. The summed E-state index contributed by atoms with van der Waals surface area (Å²) < 4.78 is 50.4. The minimum atomic E-state index is -4.71. The van der Waals surface area contributed by atoms with E-state index in [0.29, 0.717) is 11.5 Å². The van der Waals surface area contributed by atoms with E-state index in [0.717, 1.165) is 12.1 Å². The van der Waals surface area contributed by atoms with Gasteiger partial charge in [0.2, 0.25) is 5.91 Å². The molecule has 2 aromatic rings. The zero-order chi connectivity index (χ0) is 24.3. The molecule has 1 saturated heterocycles. The summed E-state index contributed by atoms with van der Waals surface area (Å²) >= 11 is 0. The van der Waals surface area contributed by atoms with Gasteiger partial charge < -0.3 is 25.0 Å². The second-order valence-corrected chi connectivity index (χ2v) is 7.27. The van der Waals surface area contributed by atoms with Gasteiger partial charge in [0.05, 0.1) is 31.4 Å². The van der Waals surface area contributed by atoms with Crippen molar-refractivity contribution in [2.45, 2.75) is 12.2 Å². The van der Waals surface area contributed by atoms with E-state index in [1.807, 2.05) is 0 Å². The quantitative estimate of drug-likeness (QED) is 0.731. The van der Waals surface area contributed by atoms with Gasteiger partial charge in [0.25, 0.3) is 5.91 Å². The first-order valence-electron chi connectivity index (χ1n) is 9.79. The van der Waals surface area contributed by atoms with Crippen LogP contribution in [0.1, 0.15) is 21.5 Å². The van der Waals surface area contributed by atoms with E-state index in [9.17, 15) is 22.8 Å². The lowest BCUT2D eigenvalue weighted by Gasteiger charge is -2.41. The molecule has 1 fully saturated rings. The van der Waals surface area contributed by atoms with Crippen LogP contribution < -0.4 is 20.1 Å². The average molecular weight is 462 g/mol. The minimum Gasteiger partial charge on any atom is -0.493 e. The van der Waals surface area contributed by atoms with Crippen molar-refractivity contribution < 1.29 is 32.2 Å². The first-order chi connectivity index (χ1) is 15.6. The summed E-state index contributed by atoms with van der Waals surface area (Å²) in [4.78, 5) is 28.1. The Balaban J connectivity index is 1.88. The van der Waals surface area contributed by atoms with Gasteiger partial charge in [-0.05, 0) is 36.4 Å². The SMILES string of the molecule is COc1ccc(C(=O)N2CCN(c3ccc(C#N)c(C(F)(F)F)c3)CC2C(N)=O)cc1OC. The number of amides is 2. The predicted molar refractivity (Wildman–Crippen MR) is 112 cm³/mol. The predicted octanol–water partition coefficient (Wildman–Crippen LogP) is 2.41. The molecular formula is C22H21F3N4O4. The summed E-state index contributed by atoms with van der Waals surface area (Å²) in [5.41, 5.74) is 4.38. The highest BCUT2D eigenvalue weighted by Gasteiger charge is 2.37. The molecule has 0 bridgehead atoms. The topological polar surface area (TPSA) is 109 Å². The van der Waals surface area contributed by atoms with Gasteiger partial charge in [-0.3, -0.25) is 9.59 Å². The first kappa shape index (κ1) is 23.7. The van der Waals surface area contributed by atoms with Gasteiger partial charge in [0.15, 0.2) is 11.5 Å². The third-order valence-electron chi connectivity index (χ3n) is 5.39. The van der Waals surface area contributed by atoms with Crippen LogP contribution in [-0.4, -0.2) is 56.6 Å². The lowest BCUT2D eigenvalue weighted by atomic mass is 10.0. The molecule has 1 aliphatic heterocycles. The number of primary amides is 1. The molecule has 0 spiro atoms. The second-order valence-electron chi connectivity index (χ2n) is 7.27. The van der Waals surface area contributed by atoms with Gasteiger partial charge >= 0.3 is 6.18 Å². The largest absolute Gasteiger partial charge is 0.493 e. The van der Waals surface area contributed by atoms with Crippen LogP contribution in [-0.2, 0) is 11.0 Å². The summed E-state index contributed by atoms with van der Waals surface area (Å²) in [7, 11) is 2.87. The molecule has 11 heteroatoms. The van der Waals surface area contributed by atoms with Gasteiger partial charge in [-0.1, -0.05) is 0 Å². The Bertz CT molecular complexity index is 1110. The Morgan fingerprint density at radius 1 is 1.09 bits per heavy atom. The number of carbonyl (C=O) groups is 2. The van der Waals surface area contributed by atoms with Crippen LogP contribution in [0.25, 0.3) is 0 Å². The molecule has 2 amide bonds. The van der Waals surface area contributed by atoms with Crippen molar-refractivity contribution in [1.29, 1.82) is 5.26 Å². The molecule has 2 N–H and O–H groups in total. The van der Waals surface area contributed by atoms with E-state index in [1.54, 1.807) is 6.07 Å². The monoisotopic (exact) mass is 462 g/mol. The van der Waals surface area contributed by atoms with Crippen LogP contribution in [0.2, 0.25) is 0 Å². The fourth-order valence-corrected chi connectivity index (χ4v) is 3.70. The maximum Gasteiger partial charge on any atom is 0.417 e. The van der Waals surface area contributed by atoms with Crippen molar-refractivity contribution in [3.05, 3.63) is 53.1 Å². The van der Waals surface area contributed by atoms with Gasteiger partial charge in [0.1, 0.15) is 6.04 Å². The molecule has 0 aliphatic carbocycles. The molecule has 3 rings (SSSR count). The lowest BCUT2D eigenvalue weighted by molar-refractivity contribution is -0.137. The van der Waals surface area contributed by atoms with Crippen molar-refractivity contribution in [3.8, 4) is 17.6 Å². The molecule has 1 aliphatic rings. The summed E-state index contributed by atoms with van der Waals surface area (Å²) in [5.74, 6) is -0.519. The highest BCUT2D eigenvalue weighted by Crippen LogP contribution is 2.35. The van der Waals surface area contributed by atoms with Gasteiger partial charge in [-0.25, -0.2) is 0 Å². The smallest absolute Gasteiger partial charge is 0.417 e. The molecule has 2 aromatic carbocycles. The van der Waals surface area contributed by atoms with Crippen LogP contribution in [0.15, 0.2) is 36.4 Å². The van der Waals surface area contributed by atoms with Crippen molar-refractivity contribution in [2.24, 2.45) is 5.73 Å². The zero-order valence-electron chi connectivity index (χ0n) is 17.8. The number of halogens is 3. The Morgan fingerprint density at radius 3 is 2.36 bits per heavy atom. The van der Waals surface area contributed by atoms with E-state index in [1.165, 1.54) is 48.3 Å². The number of anilines is 1. The fraction of sp³-hybridized carbons (Fsp3) is 0.318. The molecule has 1 heterocycles. The number of ether oxygens (including phenoxy) is 2. The maximum atomic E-state index is 13.3. The van der Waals surface area contributed by atoms with Crippen LogP contribution >= 0.6 is 0 Å². The number of hydrogen-bond acceptors (Lipinski definition) is 6. The Kier molecular flexibility index (Phi) is 6.67. The molecule has 0 aromatic heterocycles. The number of nitrogens with zero attached hydrogens (tertiary/aromatic N) is 3. The summed E-state index contributed by atoms with van der Waals surface area (Å²) in [5, 5.41) is 8.99. The highest BCUT2D eigenvalue weighted by molar-refractivity contribution is 5.98.